The molecule has 4 rings (SSSR count). The Hall–Kier alpha value is -2.26. The smallest absolute Gasteiger partial charge is 0.258 e. The minimum Gasteiger partial charge on any atom is -0.335 e. The summed E-state index contributed by atoms with van der Waals surface area (Å²) >= 11 is 0. The molecular formula is C21H28N4O4S. The van der Waals surface area contributed by atoms with Crippen molar-refractivity contribution in [3.63, 3.8) is 0 Å². The van der Waals surface area contributed by atoms with E-state index in [0.717, 1.165) is 25.7 Å². The lowest BCUT2D eigenvalue weighted by Crippen LogP contribution is -2.50. The molecule has 1 aromatic carbocycles. The molecule has 1 saturated carbocycles. The number of para-hydroxylation sites is 1. The van der Waals surface area contributed by atoms with Gasteiger partial charge in [-0.2, -0.15) is 0 Å². The van der Waals surface area contributed by atoms with Gasteiger partial charge in [-0.1, -0.05) is 25.0 Å². The highest BCUT2D eigenvalue weighted by atomic mass is 32.2. The number of amides is 1. The van der Waals surface area contributed by atoms with E-state index in [2.05, 4.69) is 9.97 Å². The van der Waals surface area contributed by atoms with Crippen molar-refractivity contribution in [2.75, 3.05) is 25.1 Å². The third-order valence-electron chi connectivity index (χ3n) is 6.09. The van der Waals surface area contributed by atoms with Crippen LogP contribution in [0.1, 0.15) is 37.9 Å². The highest BCUT2D eigenvalue weighted by Gasteiger charge is 2.39. The number of carbonyl (C=O) groups excluding carboxylic acids is 1. The first-order valence-corrected chi connectivity index (χ1v) is 12.3. The van der Waals surface area contributed by atoms with Crippen LogP contribution >= 0.6 is 0 Å². The van der Waals surface area contributed by atoms with Gasteiger partial charge >= 0.3 is 0 Å². The summed E-state index contributed by atoms with van der Waals surface area (Å²) in [6.45, 7) is 0.483. The lowest BCUT2D eigenvalue weighted by molar-refractivity contribution is -0.136. The number of hydrogen-bond donors (Lipinski definition) is 1. The standard InChI is InChI=1S/C21H28N4O4S/c1-24(12-19-22-18-9-5-4-8-17(18)21(27)23-19)13-20(26)25(15-6-2-3-7-15)16-10-11-30(28,29)14-16/h4-5,8-9,15-16H,2-3,6-7,10-14H2,1H3,(H,22,23,27). The van der Waals surface area contributed by atoms with Crippen LogP contribution in [0.4, 0.5) is 0 Å². The molecule has 1 unspecified atom stereocenters. The van der Waals surface area contributed by atoms with Crippen molar-refractivity contribution in [2.45, 2.75) is 50.7 Å². The first kappa shape index (κ1) is 21.0. The molecule has 0 radical (unpaired) electrons. The van der Waals surface area contributed by atoms with Crippen LogP contribution in [0.25, 0.3) is 10.9 Å². The number of H-pyrrole nitrogens is 1. The summed E-state index contributed by atoms with van der Waals surface area (Å²) in [6, 6.07) is 7.06. The predicted octanol–water partition coefficient (Wildman–Crippen LogP) is 1.31. The van der Waals surface area contributed by atoms with Crippen LogP contribution < -0.4 is 5.56 Å². The molecule has 2 aliphatic rings. The maximum atomic E-state index is 13.2. The van der Waals surface area contributed by atoms with E-state index in [-0.39, 0.29) is 41.6 Å². The van der Waals surface area contributed by atoms with Crippen LogP contribution in [0, 0.1) is 0 Å². The van der Waals surface area contributed by atoms with E-state index in [0.29, 0.717) is 29.7 Å². The average Bonchev–Trinajstić information content (AvgIpc) is 3.32. The Labute approximate surface area is 176 Å². The molecule has 1 aliphatic heterocycles. The van der Waals surface area contributed by atoms with Crippen LogP contribution in [0.3, 0.4) is 0 Å². The number of aromatic amines is 1. The number of likely N-dealkylation sites (N-methyl/N-ethyl adjacent to an activating group) is 1. The summed E-state index contributed by atoms with van der Waals surface area (Å²) in [5.41, 5.74) is 0.429. The Kier molecular flexibility index (Phi) is 5.92. The molecule has 2 fully saturated rings. The Morgan fingerprint density at radius 2 is 1.90 bits per heavy atom. The topological polar surface area (TPSA) is 103 Å². The summed E-state index contributed by atoms with van der Waals surface area (Å²) in [5.74, 6) is 0.685. The zero-order valence-corrected chi connectivity index (χ0v) is 18.0. The lowest BCUT2D eigenvalue weighted by atomic mass is 10.1. The highest BCUT2D eigenvalue weighted by Crippen LogP contribution is 2.29. The van der Waals surface area contributed by atoms with E-state index in [1.165, 1.54) is 0 Å². The van der Waals surface area contributed by atoms with Gasteiger partial charge in [0, 0.05) is 12.1 Å². The highest BCUT2D eigenvalue weighted by molar-refractivity contribution is 7.91. The Balaban J connectivity index is 1.47. The minimum atomic E-state index is -3.06. The van der Waals surface area contributed by atoms with Gasteiger partial charge in [-0.05, 0) is 38.4 Å². The van der Waals surface area contributed by atoms with Gasteiger partial charge in [-0.25, -0.2) is 13.4 Å². The maximum Gasteiger partial charge on any atom is 0.258 e. The molecule has 2 heterocycles. The third-order valence-corrected chi connectivity index (χ3v) is 7.84. The fourth-order valence-electron chi connectivity index (χ4n) is 4.72. The molecule has 1 saturated heterocycles. The average molecular weight is 433 g/mol. The molecule has 1 aromatic heterocycles. The van der Waals surface area contributed by atoms with Gasteiger partial charge < -0.3 is 9.88 Å². The zero-order valence-electron chi connectivity index (χ0n) is 17.2. The van der Waals surface area contributed by atoms with Gasteiger partial charge in [-0.3, -0.25) is 14.5 Å². The van der Waals surface area contributed by atoms with Crippen molar-refractivity contribution >= 4 is 26.6 Å². The molecular weight excluding hydrogens is 404 g/mol. The van der Waals surface area contributed by atoms with Crippen molar-refractivity contribution in [3.8, 4) is 0 Å². The second-order valence-electron chi connectivity index (χ2n) is 8.50. The van der Waals surface area contributed by atoms with Crippen LogP contribution in [-0.4, -0.2) is 71.3 Å². The Bertz CT molecular complexity index is 1090. The fraction of sp³-hybridized carbons (Fsp3) is 0.571. The second kappa shape index (κ2) is 8.47. The molecule has 1 aliphatic carbocycles. The quantitative estimate of drug-likeness (QED) is 0.738. The largest absolute Gasteiger partial charge is 0.335 e. The predicted molar refractivity (Wildman–Crippen MR) is 115 cm³/mol. The van der Waals surface area contributed by atoms with Gasteiger partial charge in [0.05, 0.1) is 35.5 Å². The fourth-order valence-corrected chi connectivity index (χ4v) is 6.43. The van der Waals surface area contributed by atoms with Crippen LogP contribution in [0.2, 0.25) is 0 Å². The molecule has 2 aromatic rings. The second-order valence-corrected chi connectivity index (χ2v) is 10.7. The van der Waals surface area contributed by atoms with Gasteiger partial charge in [-0.15, -0.1) is 0 Å². The van der Waals surface area contributed by atoms with Gasteiger partial charge in [0.2, 0.25) is 5.91 Å². The van der Waals surface area contributed by atoms with Gasteiger partial charge in [0.1, 0.15) is 5.82 Å². The molecule has 0 spiro atoms. The van der Waals surface area contributed by atoms with E-state index < -0.39 is 9.84 Å². The van der Waals surface area contributed by atoms with Crippen molar-refractivity contribution in [1.82, 2.24) is 19.8 Å². The molecule has 9 heteroatoms. The SMILES string of the molecule is CN(CC(=O)N(C1CCCC1)C1CCS(=O)(=O)C1)Cc1nc2ccccc2c(=O)[nH]1. The number of hydrogen-bond acceptors (Lipinski definition) is 6. The summed E-state index contributed by atoms with van der Waals surface area (Å²) < 4.78 is 24.0. The van der Waals surface area contributed by atoms with Crippen LogP contribution in [0.5, 0.6) is 0 Å². The van der Waals surface area contributed by atoms with Crippen molar-refractivity contribution < 1.29 is 13.2 Å². The molecule has 1 amide bonds. The molecule has 162 valence electrons. The van der Waals surface area contributed by atoms with E-state index in [9.17, 15) is 18.0 Å². The third kappa shape index (κ3) is 4.57. The van der Waals surface area contributed by atoms with Crippen LogP contribution in [0.15, 0.2) is 29.1 Å². The van der Waals surface area contributed by atoms with Crippen molar-refractivity contribution in [1.29, 1.82) is 0 Å². The van der Waals surface area contributed by atoms with E-state index >= 15 is 0 Å². The number of rotatable bonds is 6. The van der Waals surface area contributed by atoms with Gasteiger partial charge in [0.25, 0.3) is 5.56 Å². The van der Waals surface area contributed by atoms with Gasteiger partial charge in [0.15, 0.2) is 9.84 Å². The minimum absolute atomic E-state index is 0.0466. The van der Waals surface area contributed by atoms with Crippen molar-refractivity contribution in [2.24, 2.45) is 0 Å². The van der Waals surface area contributed by atoms with Crippen molar-refractivity contribution in [3.05, 3.63) is 40.4 Å². The van der Waals surface area contributed by atoms with E-state index in [1.807, 2.05) is 22.9 Å². The Morgan fingerprint density at radius 1 is 1.17 bits per heavy atom. The first-order chi connectivity index (χ1) is 14.3. The first-order valence-electron chi connectivity index (χ1n) is 10.5. The number of nitrogens with zero attached hydrogens (tertiary/aromatic N) is 3. The monoisotopic (exact) mass is 432 g/mol. The molecule has 30 heavy (non-hydrogen) atoms. The molecule has 1 atom stereocenters. The zero-order chi connectivity index (χ0) is 21.3. The van der Waals surface area contributed by atoms with Crippen LogP contribution in [-0.2, 0) is 21.2 Å². The summed E-state index contributed by atoms with van der Waals surface area (Å²) in [4.78, 5) is 36.4. The number of aromatic nitrogens is 2. The normalized spacial score (nSPS) is 21.5. The number of fused-ring (bicyclic) bond motifs is 1. The van der Waals surface area contributed by atoms with E-state index in [1.54, 1.807) is 18.2 Å². The summed E-state index contributed by atoms with van der Waals surface area (Å²) in [7, 11) is -1.25. The number of nitrogens with one attached hydrogen (secondary N) is 1. The Morgan fingerprint density at radius 3 is 2.60 bits per heavy atom. The molecule has 8 nitrogen and oxygen atoms in total. The summed E-state index contributed by atoms with van der Waals surface area (Å²) in [6.07, 6.45) is 4.54. The molecule has 0 bridgehead atoms. The summed E-state index contributed by atoms with van der Waals surface area (Å²) in [5, 5.41) is 0.537. The number of sulfone groups is 1. The number of carbonyl (C=O) groups is 1. The maximum absolute atomic E-state index is 13.2. The molecule has 1 N–H and O–H groups in total. The van der Waals surface area contributed by atoms with E-state index in [4.69, 9.17) is 0 Å². The lowest BCUT2D eigenvalue weighted by Gasteiger charge is -2.35. The number of benzene rings is 1.